The maximum absolute atomic E-state index is 13.5. The molecule has 0 saturated carbocycles. The van der Waals surface area contributed by atoms with Crippen molar-refractivity contribution < 1.29 is 35.6 Å². The molecule has 4 rings (SSSR count). The average molecular weight is 512 g/mol. The lowest BCUT2D eigenvalue weighted by molar-refractivity contribution is -0.122. The fourth-order valence-electron chi connectivity index (χ4n) is 4.02. The summed E-state index contributed by atoms with van der Waals surface area (Å²) in [6.45, 7) is 0.302. The SMILES string of the molecule is NS(=O)(=O)c1ccc(N2C(=O)CC(N(CC3CCCO3)S(=O)(=O)c3ccc(F)cc3)C2=O)cc1. The van der Waals surface area contributed by atoms with Gasteiger partial charge in [-0.2, -0.15) is 4.31 Å². The zero-order chi connectivity index (χ0) is 24.7. The Balaban J connectivity index is 1.68. The zero-order valence-corrected chi connectivity index (χ0v) is 19.5. The summed E-state index contributed by atoms with van der Waals surface area (Å²) in [5.41, 5.74) is 0.0844. The third-order valence-electron chi connectivity index (χ3n) is 5.72. The van der Waals surface area contributed by atoms with E-state index in [2.05, 4.69) is 0 Å². The van der Waals surface area contributed by atoms with E-state index < -0.39 is 56.2 Å². The van der Waals surface area contributed by atoms with Crippen LogP contribution in [0.4, 0.5) is 10.1 Å². The van der Waals surface area contributed by atoms with Crippen LogP contribution >= 0.6 is 0 Å². The third kappa shape index (κ3) is 4.74. The lowest BCUT2D eigenvalue weighted by Gasteiger charge is -2.29. The molecule has 2 heterocycles. The fraction of sp³-hybridized carbons (Fsp3) is 0.333. The van der Waals surface area contributed by atoms with E-state index in [1.807, 2.05) is 0 Å². The van der Waals surface area contributed by atoms with Gasteiger partial charge in [0.05, 0.1) is 28.0 Å². The van der Waals surface area contributed by atoms with E-state index in [4.69, 9.17) is 9.88 Å². The molecule has 34 heavy (non-hydrogen) atoms. The summed E-state index contributed by atoms with van der Waals surface area (Å²) in [6.07, 6.45) is 0.447. The number of primary sulfonamides is 1. The van der Waals surface area contributed by atoms with Crippen molar-refractivity contribution in [2.45, 2.75) is 41.2 Å². The molecule has 2 aliphatic rings. The number of ether oxygens (including phenoxy) is 1. The lowest BCUT2D eigenvalue weighted by Crippen LogP contribution is -2.48. The van der Waals surface area contributed by atoms with Crippen molar-refractivity contribution in [3.05, 3.63) is 54.3 Å². The molecule has 0 radical (unpaired) electrons. The van der Waals surface area contributed by atoms with Crippen LogP contribution in [0.1, 0.15) is 19.3 Å². The van der Waals surface area contributed by atoms with Gasteiger partial charge in [0.15, 0.2) is 0 Å². The first-order valence-electron chi connectivity index (χ1n) is 10.4. The van der Waals surface area contributed by atoms with Crippen LogP contribution in [-0.2, 0) is 34.4 Å². The number of carbonyl (C=O) groups excluding carboxylic acids is 2. The van der Waals surface area contributed by atoms with Crippen molar-refractivity contribution in [3.8, 4) is 0 Å². The molecule has 10 nitrogen and oxygen atoms in total. The predicted molar refractivity (Wildman–Crippen MR) is 118 cm³/mol. The number of hydrogen-bond donors (Lipinski definition) is 1. The molecule has 2 N–H and O–H groups in total. The quantitative estimate of drug-likeness (QED) is 0.546. The first-order valence-corrected chi connectivity index (χ1v) is 13.4. The summed E-state index contributed by atoms with van der Waals surface area (Å²) in [5.74, 6) is -2.05. The van der Waals surface area contributed by atoms with Gasteiger partial charge in [-0.05, 0) is 61.4 Å². The van der Waals surface area contributed by atoms with Gasteiger partial charge in [0.2, 0.25) is 26.0 Å². The monoisotopic (exact) mass is 511 g/mol. The highest BCUT2D eigenvalue weighted by molar-refractivity contribution is 7.89. The van der Waals surface area contributed by atoms with Gasteiger partial charge in [-0.3, -0.25) is 9.59 Å². The first kappa shape index (κ1) is 24.4. The topological polar surface area (TPSA) is 144 Å². The molecule has 13 heteroatoms. The number of halogens is 1. The van der Waals surface area contributed by atoms with Crippen molar-refractivity contribution >= 4 is 37.5 Å². The normalized spacial score (nSPS) is 21.6. The molecular formula is C21H22FN3O7S2. The Morgan fingerprint density at radius 3 is 2.18 bits per heavy atom. The lowest BCUT2D eigenvalue weighted by atomic mass is 10.2. The first-order chi connectivity index (χ1) is 16.0. The van der Waals surface area contributed by atoms with Crippen molar-refractivity contribution in [1.29, 1.82) is 0 Å². The Hall–Kier alpha value is -2.71. The number of amides is 2. The molecule has 2 aliphatic heterocycles. The summed E-state index contributed by atoms with van der Waals surface area (Å²) in [7, 11) is -8.26. The van der Waals surface area contributed by atoms with E-state index >= 15 is 0 Å². The van der Waals surface area contributed by atoms with Crippen LogP contribution in [0.5, 0.6) is 0 Å². The van der Waals surface area contributed by atoms with Gasteiger partial charge >= 0.3 is 0 Å². The fourth-order valence-corrected chi connectivity index (χ4v) is 6.15. The molecule has 0 spiro atoms. The van der Waals surface area contributed by atoms with E-state index in [-0.39, 0.29) is 22.0 Å². The smallest absolute Gasteiger partial charge is 0.252 e. The van der Waals surface area contributed by atoms with E-state index in [0.717, 1.165) is 52.0 Å². The highest BCUT2D eigenvalue weighted by atomic mass is 32.2. The summed E-state index contributed by atoms with van der Waals surface area (Å²) in [6, 6.07) is 7.64. The molecule has 2 aromatic rings. The molecule has 0 aromatic heterocycles. The Morgan fingerprint density at radius 1 is 1.00 bits per heavy atom. The maximum Gasteiger partial charge on any atom is 0.252 e. The summed E-state index contributed by atoms with van der Waals surface area (Å²) in [4.78, 5) is 26.5. The molecule has 2 unspecified atom stereocenters. The number of rotatable bonds is 7. The van der Waals surface area contributed by atoms with Crippen LogP contribution in [0.3, 0.4) is 0 Å². The second-order valence-corrected chi connectivity index (χ2v) is 11.4. The number of anilines is 1. The minimum absolute atomic E-state index is 0.0844. The molecule has 2 atom stereocenters. The predicted octanol–water partition coefficient (Wildman–Crippen LogP) is 0.975. The minimum atomic E-state index is -4.29. The third-order valence-corrected chi connectivity index (χ3v) is 8.54. The Kier molecular flexibility index (Phi) is 6.57. The largest absolute Gasteiger partial charge is 0.377 e. The van der Waals surface area contributed by atoms with Crippen LogP contribution in [0.15, 0.2) is 58.3 Å². The number of imide groups is 1. The van der Waals surface area contributed by atoms with Gasteiger partial charge in [-0.25, -0.2) is 31.3 Å². The highest BCUT2D eigenvalue weighted by Crippen LogP contribution is 2.31. The number of nitrogens with two attached hydrogens (primary N) is 1. The van der Waals surface area contributed by atoms with Gasteiger partial charge in [0.1, 0.15) is 11.9 Å². The van der Waals surface area contributed by atoms with Crippen molar-refractivity contribution in [2.24, 2.45) is 5.14 Å². The second-order valence-electron chi connectivity index (χ2n) is 7.99. The van der Waals surface area contributed by atoms with Gasteiger partial charge in [-0.1, -0.05) is 0 Å². The molecule has 2 saturated heterocycles. The Bertz CT molecular complexity index is 1310. The van der Waals surface area contributed by atoms with Crippen LogP contribution in [0.25, 0.3) is 0 Å². The van der Waals surface area contributed by atoms with Gasteiger partial charge < -0.3 is 4.74 Å². The van der Waals surface area contributed by atoms with Crippen molar-refractivity contribution in [1.82, 2.24) is 4.31 Å². The van der Waals surface area contributed by atoms with Crippen LogP contribution < -0.4 is 10.0 Å². The van der Waals surface area contributed by atoms with Crippen molar-refractivity contribution in [2.75, 3.05) is 18.1 Å². The van der Waals surface area contributed by atoms with E-state index in [0.29, 0.717) is 13.0 Å². The van der Waals surface area contributed by atoms with Crippen LogP contribution in [-0.4, -0.2) is 58.3 Å². The van der Waals surface area contributed by atoms with E-state index in [9.17, 15) is 30.8 Å². The highest BCUT2D eigenvalue weighted by Gasteiger charge is 2.47. The van der Waals surface area contributed by atoms with Gasteiger partial charge in [0.25, 0.3) is 5.91 Å². The second kappa shape index (κ2) is 9.15. The Labute approximate surface area is 196 Å². The Morgan fingerprint density at radius 2 is 1.62 bits per heavy atom. The molecule has 2 fully saturated rings. The van der Waals surface area contributed by atoms with E-state index in [1.165, 1.54) is 12.1 Å². The van der Waals surface area contributed by atoms with Gasteiger partial charge in [-0.15, -0.1) is 0 Å². The number of carbonyl (C=O) groups is 2. The molecule has 2 amide bonds. The number of hydrogen-bond acceptors (Lipinski definition) is 7. The summed E-state index contributed by atoms with van der Waals surface area (Å²) >= 11 is 0. The molecule has 182 valence electrons. The number of benzene rings is 2. The maximum atomic E-state index is 13.5. The minimum Gasteiger partial charge on any atom is -0.377 e. The average Bonchev–Trinajstić information content (AvgIpc) is 3.39. The molecule has 0 bridgehead atoms. The zero-order valence-electron chi connectivity index (χ0n) is 17.8. The molecule has 2 aromatic carbocycles. The summed E-state index contributed by atoms with van der Waals surface area (Å²) < 4.78 is 69.8. The molecule has 0 aliphatic carbocycles. The summed E-state index contributed by atoms with van der Waals surface area (Å²) in [5, 5.41) is 5.08. The number of nitrogens with zero attached hydrogens (tertiary/aromatic N) is 2. The van der Waals surface area contributed by atoms with Crippen LogP contribution in [0, 0.1) is 5.82 Å². The van der Waals surface area contributed by atoms with Crippen LogP contribution in [0.2, 0.25) is 0 Å². The van der Waals surface area contributed by atoms with Gasteiger partial charge in [0, 0.05) is 13.2 Å². The van der Waals surface area contributed by atoms with Crippen molar-refractivity contribution in [3.63, 3.8) is 0 Å². The standard InChI is InChI=1S/C21H22FN3O7S2/c22-14-3-7-18(8-4-14)34(30,31)24(13-16-2-1-11-32-16)19-12-20(26)25(21(19)27)15-5-9-17(10-6-15)33(23,28)29/h3-10,16,19H,1-2,11-13H2,(H2,23,28,29). The van der Waals surface area contributed by atoms with E-state index in [1.54, 1.807) is 0 Å². The number of sulfonamides is 2. The molecular weight excluding hydrogens is 489 g/mol.